The Balaban J connectivity index is 2.10. The molecule has 1 aliphatic heterocycles. The average Bonchev–Trinajstić information content (AvgIpc) is 2.64. The van der Waals surface area contributed by atoms with Crippen molar-refractivity contribution in [2.45, 2.75) is 39.2 Å². The Bertz CT molecular complexity index is 475. The van der Waals surface area contributed by atoms with Gasteiger partial charge in [-0.3, -0.25) is 9.59 Å². The van der Waals surface area contributed by atoms with E-state index in [0.717, 1.165) is 24.0 Å². The van der Waals surface area contributed by atoms with Gasteiger partial charge in [0.15, 0.2) is 5.78 Å². The van der Waals surface area contributed by atoms with Gasteiger partial charge >= 0.3 is 0 Å². The molecule has 3 nitrogen and oxygen atoms in total. The van der Waals surface area contributed by atoms with Gasteiger partial charge in [-0.25, -0.2) is 0 Å². The highest BCUT2D eigenvalue weighted by Crippen LogP contribution is 2.49. The summed E-state index contributed by atoms with van der Waals surface area (Å²) in [7, 11) is 0. The van der Waals surface area contributed by atoms with E-state index in [1.165, 1.54) is 0 Å². The first-order valence-electron chi connectivity index (χ1n) is 6.25. The first-order valence-corrected chi connectivity index (χ1v) is 6.25. The van der Waals surface area contributed by atoms with E-state index in [4.69, 9.17) is 0 Å². The summed E-state index contributed by atoms with van der Waals surface area (Å²) in [6.45, 7) is 4.07. The summed E-state index contributed by atoms with van der Waals surface area (Å²) in [5, 5.41) is 3.05. The van der Waals surface area contributed by atoms with Crippen LogP contribution in [0.1, 0.15) is 33.1 Å². The van der Waals surface area contributed by atoms with E-state index >= 15 is 0 Å². The van der Waals surface area contributed by atoms with Crippen molar-refractivity contribution in [1.82, 2.24) is 5.32 Å². The van der Waals surface area contributed by atoms with Crippen molar-refractivity contribution >= 4 is 11.7 Å². The molecule has 1 heterocycles. The molecule has 3 aliphatic rings. The monoisotopic (exact) mass is 231 g/mol. The van der Waals surface area contributed by atoms with Gasteiger partial charge in [0.1, 0.15) is 0 Å². The molecular weight excluding hydrogens is 214 g/mol. The molecule has 90 valence electrons. The molecule has 0 spiro atoms. The molecule has 0 radical (unpaired) electrons. The fourth-order valence-electron chi connectivity index (χ4n) is 3.61. The largest absolute Gasteiger partial charge is 0.349 e. The van der Waals surface area contributed by atoms with Crippen molar-refractivity contribution in [1.29, 1.82) is 0 Å². The van der Waals surface area contributed by atoms with Gasteiger partial charge in [0, 0.05) is 11.8 Å². The van der Waals surface area contributed by atoms with Crippen LogP contribution < -0.4 is 5.32 Å². The zero-order chi connectivity index (χ0) is 12.2. The summed E-state index contributed by atoms with van der Waals surface area (Å²) in [6.07, 6.45) is 6.44. The van der Waals surface area contributed by atoms with Gasteiger partial charge in [-0.05, 0) is 42.9 Å². The van der Waals surface area contributed by atoms with Crippen molar-refractivity contribution in [2.24, 2.45) is 11.3 Å². The molecule has 3 rings (SSSR count). The Hall–Kier alpha value is -1.38. The van der Waals surface area contributed by atoms with Gasteiger partial charge in [-0.15, -0.1) is 0 Å². The van der Waals surface area contributed by atoms with Crippen LogP contribution >= 0.6 is 0 Å². The molecule has 0 aromatic carbocycles. The molecule has 1 N–H and O–H groups in total. The molecule has 2 fully saturated rings. The highest BCUT2D eigenvalue weighted by Gasteiger charge is 2.47. The molecule has 17 heavy (non-hydrogen) atoms. The Kier molecular flexibility index (Phi) is 2.09. The lowest BCUT2D eigenvalue weighted by molar-refractivity contribution is -0.119. The van der Waals surface area contributed by atoms with Crippen molar-refractivity contribution in [2.75, 3.05) is 0 Å². The van der Waals surface area contributed by atoms with Crippen molar-refractivity contribution in [3.8, 4) is 0 Å². The third kappa shape index (κ3) is 1.41. The number of allylic oxidation sites excluding steroid dienone is 3. The maximum atomic E-state index is 11.8. The van der Waals surface area contributed by atoms with Crippen LogP contribution in [0, 0.1) is 11.3 Å². The van der Waals surface area contributed by atoms with Gasteiger partial charge in [0.2, 0.25) is 5.91 Å². The van der Waals surface area contributed by atoms with Gasteiger partial charge in [-0.1, -0.05) is 13.0 Å². The van der Waals surface area contributed by atoms with Gasteiger partial charge in [0.05, 0.1) is 6.04 Å². The molecule has 1 saturated heterocycles. The third-order valence-electron chi connectivity index (χ3n) is 4.57. The summed E-state index contributed by atoms with van der Waals surface area (Å²) in [4.78, 5) is 23.3. The maximum absolute atomic E-state index is 11.8. The van der Waals surface area contributed by atoms with Crippen molar-refractivity contribution in [3.05, 3.63) is 23.3 Å². The van der Waals surface area contributed by atoms with Gasteiger partial charge in [-0.2, -0.15) is 0 Å². The minimum Gasteiger partial charge on any atom is -0.349 e. The second-order valence-corrected chi connectivity index (χ2v) is 5.70. The lowest BCUT2D eigenvalue weighted by atomic mass is 9.62. The van der Waals surface area contributed by atoms with Crippen molar-refractivity contribution in [3.63, 3.8) is 0 Å². The number of carbonyl (C=O) groups is 2. The zero-order valence-electron chi connectivity index (χ0n) is 10.2. The van der Waals surface area contributed by atoms with E-state index in [2.05, 4.69) is 12.2 Å². The molecule has 1 amide bonds. The normalized spacial score (nSPS) is 40.1. The fraction of sp³-hybridized carbons (Fsp3) is 0.571. The number of carbonyl (C=O) groups excluding carboxylic acids is 2. The van der Waals surface area contributed by atoms with Crippen LogP contribution in [0.15, 0.2) is 23.3 Å². The third-order valence-corrected chi connectivity index (χ3v) is 4.57. The molecule has 0 bridgehead atoms. The van der Waals surface area contributed by atoms with Crippen LogP contribution in [-0.4, -0.2) is 17.7 Å². The Labute approximate surface area is 101 Å². The smallest absolute Gasteiger partial charge is 0.220 e. The highest BCUT2D eigenvalue weighted by atomic mass is 16.2. The van der Waals surface area contributed by atoms with Crippen molar-refractivity contribution < 1.29 is 9.59 Å². The van der Waals surface area contributed by atoms with Crippen LogP contribution in [0.2, 0.25) is 0 Å². The first-order chi connectivity index (χ1) is 8.01. The second kappa shape index (κ2) is 3.31. The second-order valence-electron chi connectivity index (χ2n) is 5.70. The molecule has 3 atom stereocenters. The predicted molar refractivity (Wildman–Crippen MR) is 64.2 cm³/mol. The van der Waals surface area contributed by atoms with E-state index in [0.29, 0.717) is 12.3 Å². The number of hydrogen-bond acceptors (Lipinski definition) is 2. The Morgan fingerprint density at radius 3 is 2.94 bits per heavy atom. The number of fused-ring (bicyclic) bond motifs is 3. The Morgan fingerprint density at radius 1 is 1.41 bits per heavy atom. The lowest BCUT2D eigenvalue weighted by Gasteiger charge is -2.43. The first kappa shape index (κ1) is 10.8. The van der Waals surface area contributed by atoms with Gasteiger partial charge < -0.3 is 5.32 Å². The number of ketones is 1. The molecule has 0 unspecified atom stereocenters. The summed E-state index contributed by atoms with van der Waals surface area (Å²) in [5.41, 5.74) is 1.97. The van der Waals surface area contributed by atoms with E-state index in [-0.39, 0.29) is 23.1 Å². The molecule has 1 saturated carbocycles. The molecule has 0 aromatic rings. The van der Waals surface area contributed by atoms with E-state index < -0.39 is 0 Å². The molecule has 3 heteroatoms. The number of rotatable bonds is 0. The van der Waals surface area contributed by atoms with Crippen LogP contribution in [0.5, 0.6) is 0 Å². The number of hydrogen-bond donors (Lipinski definition) is 1. The number of amides is 1. The van der Waals surface area contributed by atoms with Crippen LogP contribution in [0.3, 0.4) is 0 Å². The molecule has 2 aliphatic carbocycles. The lowest BCUT2D eigenvalue weighted by Crippen LogP contribution is -2.43. The zero-order valence-corrected chi connectivity index (χ0v) is 10.2. The standard InChI is InChI=1S/C14H17NO2/c1-8-10(16)4-6-14(2)5-3-9-7-11(17)15-13(9)12(8)14/h4,6,9,13H,3,5,7H2,1-2H3,(H,15,17)/t9-,13+,14-/m0/s1. The van der Waals surface area contributed by atoms with Crippen LogP contribution in [-0.2, 0) is 9.59 Å². The molecule has 0 aromatic heterocycles. The summed E-state index contributed by atoms with van der Waals surface area (Å²) >= 11 is 0. The predicted octanol–water partition coefficient (Wildman–Crippen LogP) is 1.75. The van der Waals surface area contributed by atoms with Gasteiger partial charge in [0.25, 0.3) is 0 Å². The van der Waals surface area contributed by atoms with Crippen LogP contribution in [0.25, 0.3) is 0 Å². The van der Waals surface area contributed by atoms with E-state index in [9.17, 15) is 9.59 Å². The SMILES string of the molecule is CC1=C2[C@@H]3NC(=O)C[C@@H]3CC[C@@]2(C)C=CC1=O. The summed E-state index contributed by atoms with van der Waals surface area (Å²) in [5.74, 6) is 0.616. The minimum atomic E-state index is -0.0310. The van der Waals surface area contributed by atoms with Crippen LogP contribution in [0.4, 0.5) is 0 Å². The topological polar surface area (TPSA) is 46.2 Å². The highest BCUT2D eigenvalue weighted by molar-refractivity contribution is 6.05. The fourth-order valence-corrected chi connectivity index (χ4v) is 3.61. The summed E-state index contributed by atoms with van der Waals surface area (Å²) in [6, 6.07) is 0.0927. The minimum absolute atomic E-state index is 0.0310. The van der Waals surface area contributed by atoms with E-state index in [1.807, 2.05) is 13.0 Å². The summed E-state index contributed by atoms with van der Waals surface area (Å²) < 4.78 is 0. The maximum Gasteiger partial charge on any atom is 0.220 e. The average molecular weight is 231 g/mol. The Morgan fingerprint density at radius 2 is 2.18 bits per heavy atom. The van der Waals surface area contributed by atoms with E-state index in [1.54, 1.807) is 6.08 Å². The molecular formula is C14H17NO2. The number of nitrogens with one attached hydrogen (secondary N) is 1. The quantitative estimate of drug-likeness (QED) is 0.690.